The first-order valence-corrected chi connectivity index (χ1v) is 4.80. The van der Waals surface area contributed by atoms with Crippen LogP contribution in [0.25, 0.3) is 5.69 Å². The van der Waals surface area contributed by atoms with Crippen molar-refractivity contribution < 1.29 is 27.6 Å². The Bertz CT molecular complexity index is 557. The highest BCUT2D eigenvalue weighted by atomic mass is 19.2. The summed E-state index contributed by atoms with van der Waals surface area (Å²) in [5, 5.41) is 17.4. The monoisotopic (exact) mass is 259 g/mol. The Morgan fingerprint density at radius 3 is 1.67 bits per heavy atom. The maximum absolute atomic E-state index is 13.6. The molecule has 0 bridgehead atoms. The van der Waals surface area contributed by atoms with E-state index in [0.717, 1.165) is 4.57 Å². The zero-order valence-electron chi connectivity index (χ0n) is 8.74. The predicted octanol–water partition coefficient (Wildman–Crippen LogP) is 0.714. The summed E-state index contributed by atoms with van der Waals surface area (Å²) < 4.78 is 54.9. The molecule has 0 amide bonds. The van der Waals surface area contributed by atoms with Gasteiger partial charge in [0.1, 0.15) is 5.69 Å². The third kappa shape index (κ3) is 1.79. The number of hydrogen-bond acceptors (Lipinski definition) is 2. The normalized spacial score (nSPS) is 10.8. The van der Waals surface area contributed by atoms with E-state index in [1.807, 2.05) is 0 Å². The second-order valence-corrected chi connectivity index (χ2v) is 3.48. The molecule has 1 aromatic heterocycles. The van der Waals surface area contributed by atoms with E-state index in [9.17, 15) is 17.6 Å². The van der Waals surface area contributed by atoms with Crippen LogP contribution in [0.2, 0.25) is 0 Å². The van der Waals surface area contributed by atoms with Gasteiger partial charge in [-0.25, -0.2) is 17.6 Å². The maximum atomic E-state index is 13.6. The third-order valence-electron chi connectivity index (χ3n) is 2.40. The van der Waals surface area contributed by atoms with Crippen molar-refractivity contribution in [2.24, 2.45) is 0 Å². The van der Waals surface area contributed by atoms with Crippen LogP contribution >= 0.6 is 0 Å². The fourth-order valence-electron chi connectivity index (χ4n) is 1.57. The van der Waals surface area contributed by atoms with E-state index >= 15 is 0 Å². The van der Waals surface area contributed by atoms with Crippen molar-refractivity contribution in [1.29, 1.82) is 0 Å². The number of hydrogen-bond donors (Lipinski definition) is 2. The van der Waals surface area contributed by atoms with Gasteiger partial charge >= 0.3 is 7.12 Å². The lowest BCUT2D eigenvalue weighted by Crippen LogP contribution is -2.38. The zero-order valence-corrected chi connectivity index (χ0v) is 8.74. The molecule has 2 rings (SSSR count). The highest BCUT2D eigenvalue weighted by Gasteiger charge is 2.31. The van der Waals surface area contributed by atoms with Crippen LogP contribution in [-0.2, 0) is 0 Å². The summed E-state index contributed by atoms with van der Waals surface area (Å²) in [7, 11) is -2.65. The van der Waals surface area contributed by atoms with E-state index in [1.54, 1.807) is 0 Å². The van der Waals surface area contributed by atoms with Crippen LogP contribution in [0.5, 0.6) is 0 Å². The van der Waals surface area contributed by atoms with Crippen LogP contribution < -0.4 is 5.46 Å². The van der Waals surface area contributed by atoms with Gasteiger partial charge in [-0.1, -0.05) is 0 Å². The molecular formula is C10H6BF4NO2. The molecule has 0 aliphatic heterocycles. The number of nitrogens with zero attached hydrogens (tertiary/aromatic N) is 1. The number of benzene rings is 1. The highest BCUT2D eigenvalue weighted by molar-refractivity contribution is 6.58. The minimum absolute atomic E-state index is 0.838. The van der Waals surface area contributed by atoms with Gasteiger partial charge in [0, 0.05) is 12.4 Å². The van der Waals surface area contributed by atoms with E-state index in [1.165, 1.54) is 24.5 Å². The van der Waals surface area contributed by atoms with Crippen LogP contribution in [0.3, 0.4) is 0 Å². The van der Waals surface area contributed by atoms with Gasteiger partial charge in [-0.15, -0.1) is 0 Å². The predicted molar refractivity (Wildman–Crippen MR) is 55.4 cm³/mol. The smallest absolute Gasteiger partial charge is 0.423 e. The molecule has 0 aliphatic rings. The summed E-state index contributed by atoms with van der Waals surface area (Å²) in [6.07, 6.45) is 2.38. The number of aromatic nitrogens is 1. The van der Waals surface area contributed by atoms with Gasteiger partial charge in [0.15, 0.2) is 23.3 Å². The molecule has 1 aromatic carbocycles. The summed E-state index contributed by atoms with van der Waals surface area (Å²) in [6, 6.07) is 2.81. The molecule has 2 N–H and O–H groups in total. The van der Waals surface area contributed by atoms with Gasteiger partial charge in [-0.3, -0.25) is 0 Å². The summed E-state index contributed by atoms with van der Waals surface area (Å²) in [6.45, 7) is 0. The first-order valence-electron chi connectivity index (χ1n) is 4.80. The van der Waals surface area contributed by atoms with Gasteiger partial charge in [0.05, 0.1) is 5.46 Å². The van der Waals surface area contributed by atoms with E-state index in [4.69, 9.17) is 10.0 Å². The standard InChI is InChI=1S/C10H6BF4NO2/c12-6-5(11(17)18)7(13)9(15)10(8(6)14)16-3-1-2-4-16/h1-4,17-18H. The topological polar surface area (TPSA) is 45.4 Å². The first kappa shape index (κ1) is 12.7. The largest absolute Gasteiger partial charge is 0.494 e. The molecule has 0 radical (unpaired) electrons. The fourth-order valence-corrected chi connectivity index (χ4v) is 1.57. The first-order chi connectivity index (χ1) is 8.45. The Hall–Kier alpha value is -1.80. The molecule has 94 valence electrons. The third-order valence-corrected chi connectivity index (χ3v) is 2.40. The number of halogens is 4. The van der Waals surface area contributed by atoms with Gasteiger partial charge in [0.2, 0.25) is 0 Å². The molecule has 2 aromatic rings. The van der Waals surface area contributed by atoms with E-state index in [0.29, 0.717) is 0 Å². The highest BCUT2D eigenvalue weighted by Crippen LogP contribution is 2.22. The Kier molecular flexibility index (Phi) is 3.14. The van der Waals surface area contributed by atoms with Crippen molar-refractivity contribution in [3.8, 4) is 5.69 Å². The van der Waals surface area contributed by atoms with Crippen LogP contribution in [0.15, 0.2) is 24.5 Å². The minimum Gasteiger partial charge on any atom is -0.423 e. The van der Waals surface area contributed by atoms with Crippen molar-refractivity contribution in [3.63, 3.8) is 0 Å². The second kappa shape index (κ2) is 4.47. The van der Waals surface area contributed by atoms with E-state index in [2.05, 4.69) is 0 Å². The summed E-state index contributed by atoms with van der Waals surface area (Å²) in [4.78, 5) is 0. The molecule has 0 spiro atoms. The van der Waals surface area contributed by atoms with Crippen LogP contribution in [0.4, 0.5) is 17.6 Å². The van der Waals surface area contributed by atoms with E-state index in [-0.39, 0.29) is 0 Å². The number of rotatable bonds is 2. The molecule has 0 saturated carbocycles. The second-order valence-electron chi connectivity index (χ2n) is 3.48. The Balaban J connectivity index is 2.79. The van der Waals surface area contributed by atoms with Gasteiger partial charge in [0.25, 0.3) is 0 Å². The van der Waals surface area contributed by atoms with Crippen molar-refractivity contribution in [3.05, 3.63) is 47.8 Å². The quantitative estimate of drug-likeness (QED) is 0.474. The Labute approximate surface area is 99.1 Å². The lowest BCUT2D eigenvalue weighted by Gasteiger charge is -2.12. The molecule has 18 heavy (non-hydrogen) atoms. The van der Waals surface area contributed by atoms with Crippen molar-refractivity contribution in [2.45, 2.75) is 0 Å². The van der Waals surface area contributed by atoms with Crippen LogP contribution in [0.1, 0.15) is 0 Å². The van der Waals surface area contributed by atoms with Gasteiger partial charge in [-0.2, -0.15) is 0 Å². The molecule has 8 heteroatoms. The fraction of sp³-hybridized carbons (Fsp3) is 0. The van der Waals surface area contributed by atoms with Crippen molar-refractivity contribution in [2.75, 3.05) is 0 Å². The van der Waals surface area contributed by atoms with Gasteiger partial charge in [-0.05, 0) is 12.1 Å². The Morgan fingerprint density at radius 1 is 0.833 bits per heavy atom. The van der Waals surface area contributed by atoms with Crippen LogP contribution in [-0.4, -0.2) is 21.7 Å². The molecule has 0 unspecified atom stereocenters. The SMILES string of the molecule is OB(O)c1c(F)c(F)c(-n2cccc2)c(F)c1F. The summed E-state index contributed by atoms with van der Waals surface area (Å²) in [5.74, 6) is -7.08. The lowest BCUT2D eigenvalue weighted by molar-refractivity contribution is 0.407. The molecule has 0 fully saturated rings. The van der Waals surface area contributed by atoms with Crippen molar-refractivity contribution in [1.82, 2.24) is 4.57 Å². The van der Waals surface area contributed by atoms with Crippen molar-refractivity contribution >= 4 is 12.6 Å². The molecule has 3 nitrogen and oxygen atoms in total. The maximum Gasteiger partial charge on any atom is 0.494 e. The zero-order chi connectivity index (χ0) is 13.4. The van der Waals surface area contributed by atoms with E-state index < -0.39 is 41.5 Å². The lowest BCUT2D eigenvalue weighted by atomic mass is 9.79. The summed E-state index contributed by atoms with van der Waals surface area (Å²) >= 11 is 0. The van der Waals surface area contributed by atoms with Gasteiger partial charge < -0.3 is 14.6 Å². The summed E-state index contributed by atoms with van der Waals surface area (Å²) in [5.41, 5.74) is -2.42. The molecular weight excluding hydrogens is 253 g/mol. The average Bonchev–Trinajstić information content (AvgIpc) is 2.80. The molecule has 0 atom stereocenters. The molecule has 1 heterocycles. The Morgan fingerprint density at radius 2 is 1.28 bits per heavy atom. The molecule has 0 aliphatic carbocycles. The minimum atomic E-state index is -2.65. The molecule has 0 saturated heterocycles. The van der Waals surface area contributed by atoms with Crippen LogP contribution in [0, 0.1) is 23.3 Å². The average molecular weight is 259 g/mol.